The third-order valence-electron chi connectivity index (χ3n) is 3.68. The van der Waals surface area contributed by atoms with Crippen molar-refractivity contribution in [2.75, 3.05) is 6.26 Å². The molecule has 0 bridgehead atoms. The normalized spacial score (nSPS) is 24.4. The fourth-order valence-corrected chi connectivity index (χ4v) is 3.29. The van der Waals surface area contributed by atoms with Crippen LogP contribution in [0.4, 0.5) is 0 Å². The minimum absolute atomic E-state index is 0.701. The summed E-state index contributed by atoms with van der Waals surface area (Å²) in [5.41, 5.74) is 2.49. The van der Waals surface area contributed by atoms with Crippen LogP contribution in [0.5, 0.6) is 0 Å². The standard InChI is InChI=1S/C13H23N3S/c1-4-10-7-12(16(2)15-10)9-14-11-5-6-13(8-11)17-3/h7,11,13-14H,4-6,8-9H2,1-3H3. The lowest BCUT2D eigenvalue weighted by Crippen LogP contribution is -2.27. The summed E-state index contributed by atoms with van der Waals surface area (Å²) in [6, 6.07) is 2.92. The summed E-state index contributed by atoms with van der Waals surface area (Å²) in [4.78, 5) is 0. The van der Waals surface area contributed by atoms with Crippen molar-refractivity contribution in [2.45, 2.75) is 50.4 Å². The largest absolute Gasteiger partial charge is 0.308 e. The maximum absolute atomic E-state index is 4.48. The molecule has 2 atom stereocenters. The summed E-state index contributed by atoms with van der Waals surface area (Å²) in [5, 5.41) is 9.01. The number of rotatable bonds is 5. The van der Waals surface area contributed by atoms with Crippen LogP contribution in [0, 0.1) is 0 Å². The first-order valence-corrected chi connectivity index (χ1v) is 7.79. The number of aromatic nitrogens is 2. The van der Waals surface area contributed by atoms with E-state index in [2.05, 4.69) is 29.7 Å². The molecule has 2 rings (SSSR count). The second kappa shape index (κ2) is 5.91. The van der Waals surface area contributed by atoms with E-state index in [1.54, 1.807) is 0 Å². The third-order valence-corrected chi connectivity index (χ3v) is 4.77. The van der Waals surface area contributed by atoms with Crippen molar-refractivity contribution in [1.29, 1.82) is 0 Å². The second-order valence-electron chi connectivity index (χ2n) is 4.85. The molecule has 1 fully saturated rings. The molecule has 1 aliphatic carbocycles. The SMILES string of the molecule is CCc1cc(CNC2CCC(SC)C2)n(C)n1. The lowest BCUT2D eigenvalue weighted by molar-refractivity contribution is 0.508. The van der Waals surface area contributed by atoms with Crippen LogP contribution in [0.1, 0.15) is 37.6 Å². The quantitative estimate of drug-likeness (QED) is 0.873. The van der Waals surface area contributed by atoms with Gasteiger partial charge in [0.25, 0.3) is 0 Å². The number of hydrogen-bond acceptors (Lipinski definition) is 3. The Labute approximate surface area is 108 Å². The van der Waals surface area contributed by atoms with Gasteiger partial charge in [0.2, 0.25) is 0 Å². The van der Waals surface area contributed by atoms with Gasteiger partial charge in [0.15, 0.2) is 0 Å². The van der Waals surface area contributed by atoms with E-state index in [0.717, 1.165) is 18.2 Å². The van der Waals surface area contributed by atoms with Crippen LogP contribution in [0.25, 0.3) is 0 Å². The predicted octanol–water partition coefficient (Wildman–Crippen LogP) is 2.36. The lowest BCUT2D eigenvalue weighted by atomic mass is 10.2. The van der Waals surface area contributed by atoms with Gasteiger partial charge >= 0.3 is 0 Å². The molecular formula is C13H23N3S. The first-order chi connectivity index (χ1) is 8.22. The zero-order valence-corrected chi connectivity index (χ0v) is 11.9. The molecule has 1 N–H and O–H groups in total. The number of aryl methyl sites for hydroxylation is 2. The van der Waals surface area contributed by atoms with Gasteiger partial charge in [-0.1, -0.05) is 6.92 Å². The number of thioether (sulfide) groups is 1. The first-order valence-electron chi connectivity index (χ1n) is 6.51. The zero-order chi connectivity index (χ0) is 12.3. The van der Waals surface area contributed by atoms with E-state index in [9.17, 15) is 0 Å². The maximum Gasteiger partial charge on any atom is 0.0625 e. The monoisotopic (exact) mass is 253 g/mol. The Morgan fingerprint density at radius 3 is 2.94 bits per heavy atom. The number of nitrogens with zero attached hydrogens (tertiary/aromatic N) is 2. The first kappa shape index (κ1) is 13.0. The zero-order valence-electron chi connectivity index (χ0n) is 11.1. The molecule has 0 aliphatic heterocycles. The van der Waals surface area contributed by atoms with E-state index >= 15 is 0 Å². The van der Waals surface area contributed by atoms with Crippen molar-refractivity contribution in [3.8, 4) is 0 Å². The maximum atomic E-state index is 4.48. The highest BCUT2D eigenvalue weighted by molar-refractivity contribution is 7.99. The molecular weight excluding hydrogens is 230 g/mol. The van der Waals surface area contributed by atoms with Crippen molar-refractivity contribution in [1.82, 2.24) is 15.1 Å². The van der Waals surface area contributed by atoms with Crippen molar-refractivity contribution in [3.05, 3.63) is 17.5 Å². The summed E-state index contributed by atoms with van der Waals surface area (Å²) in [7, 11) is 2.04. The molecule has 0 radical (unpaired) electrons. The van der Waals surface area contributed by atoms with Crippen LogP contribution in [0.3, 0.4) is 0 Å². The second-order valence-corrected chi connectivity index (χ2v) is 5.99. The van der Waals surface area contributed by atoms with Crippen LogP contribution in [-0.2, 0) is 20.0 Å². The van der Waals surface area contributed by atoms with Gasteiger partial charge in [-0.25, -0.2) is 0 Å². The van der Waals surface area contributed by atoms with Gasteiger partial charge in [-0.15, -0.1) is 0 Å². The molecule has 96 valence electrons. The summed E-state index contributed by atoms with van der Waals surface area (Å²) >= 11 is 2.01. The molecule has 2 unspecified atom stereocenters. The smallest absolute Gasteiger partial charge is 0.0625 e. The summed E-state index contributed by atoms with van der Waals surface area (Å²) in [6.45, 7) is 3.11. The van der Waals surface area contributed by atoms with Crippen LogP contribution in [0.2, 0.25) is 0 Å². The van der Waals surface area contributed by atoms with Crippen LogP contribution >= 0.6 is 11.8 Å². The third kappa shape index (κ3) is 3.26. The van der Waals surface area contributed by atoms with Crippen molar-refractivity contribution < 1.29 is 0 Å². The average molecular weight is 253 g/mol. The van der Waals surface area contributed by atoms with E-state index in [4.69, 9.17) is 0 Å². The molecule has 0 aromatic carbocycles. The summed E-state index contributed by atoms with van der Waals surface area (Å²) in [6.07, 6.45) is 7.25. The molecule has 4 heteroatoms. The fraction of sp³-hybridized carbons (Fsp3) is 0.769. The molecule has 3 nitrogen and oxygen atoms in total. The molecule has 0 saturated heterocycles. The minimum Gasteiger partial charge on any atom is -0.308 e. The van der Waals surface area contributed by atoms with Crippen molar-refractivity contribution >= 4 is 11.8 Å². The van der Waals surface area contributed by atoms with E-state index < -0.39 is 0 Å². The van der Waals surface area contributed by atoms with E-state index in [1.165, 1.54) is 30.7 Å². The Balaban J connectivity index is 1.83. The van der Waals surface area contributed by atoms with Gasteiger partial charge in [-0.3, -0.25) is 4.68 Å². The molecule has 1 aliphatic rings. The highest BCUT2D eigenvalue weighted by atomic mass is 32.2. The molecule has 17 heavy (non-hydrogen) atoms. The summed E-state index contributed by atoms with van der Waals surface area (Å²) < 4.78 is 2.01. The van der Waals surface area contributed by atoms with E-state index in [-0.39, 0.29) is 0 Å². The van der Waals surface area contributed by atoms with E-state index in [0.29, 0.717) is 6.04 Å². The molecule has 1 aromatic rings. The van der Waals surface area contributed by atoms with Crippen molar-refractivity contribution in [3.63, 3.8) is 0 Å². The van der Waals surface area contributed by atoms with Crippen LogP contribution < -0.4 is 5.32 Å². The Morgan fingerprint density at radius 1 is 1.53 bits per heavy atom. The molecule has 0 spiro atoms. The van der Waals surface area contributed by atoms with Gasteiger partial charge in [0.1, 0.15) is 0 Å². The molecule has 1 saturated carbocycles. The number of nitrogens with one attached hydrogen (secondary N) is 1. The molecule has 1 aromatic heterocycles. The Kier molecular flexibility index (Phi) is 4.51. The Morgan fingerprint density at radius 2 is 2.35 bits per heavy atom. The van der Waals surface area contributed by atoms with Crippen LogP contribution in [-0.4, -0.2) is 27.3 Å². The lowest BCUT2D eigenvalue weighted by Gasteiger charge is -2.12. The van der Waals surface area contributed by atoms with Gasteiger partial charge in [-0.05, 0) is 38.0 Å². The minimum atomic E-state index is 0.701. The van der Waals surface area contributed by atoms with Gasteiger partial charge in [0.05, 0.1) is 11.4 Å². The Hall–Kier alpha value is -0.480. The highest BCUT2D eigenvalue weighted by Crippen LogP contribution is 2.28. The predicted molar refractivity (Wildman–Crippen MR) is 74.4 cm³/mol. The van der Waals surface area contributed by atoms with E-state index in [1.807, 2.05) is 23.5 Å². The molecule has 1 heterocycles. The van der Waals surface area contributed by atoms with Gasteiger partial charge in [0, 0.05) is 24.9 Å². The average Bonchev–Trinajstić information content (AvgIpc) is 2.93. The van der Waals surface area contributed by atoms with Crippen molar-refractivity contribution in [2.24, 2.45) is 7.05 Å². The fourth-order valence-electron chi connectivity index (χ4n) is 2.50. The molecule has 0 amide bonds. The topological polar surface area (TPSA) is 29.9 Å². The highest BCUT2D eigenvalue weighted by Gasteiger charge is 2.23. The summed E-state index contributed by atoms with van der Waals surface area (Å²) in [5.74, 6) is 0. The number of hydrogen-bond donors (Lipinski definition) is 1. The Bertz CT molecular complexity index is 362. The van der Waals surface area contributed by atoms with Crippen LogP contribution in [0.15, 0.2) is 6.07 Å². The van der Waals surface area contributed by atoms with Gasteiger partial charge < -0.3 is 5.32 Å². The van der Waals surface area contributed by atoms with Gasteiger partial charge in [-0.2, -0.15) is 16.9 Å².